The second-order valence-electron chi connectivity index (χ2n) is 6.31. The van der Waals surface area contributed by atoms with Gasteiger partial charge in [0.15, 0.2) is 23.0 Å². The molecule has 5 nitrogen and oxygen atoms in total. The van der Waals surface area contributed by atoms with Gasteiger partial charge in [-0.05, 0) is 50.1 Å². The van der Waals surface area contributed by atoms with E-state index in [1.54, 1.807) is 31.4 Å². The van der Waals surface area contributed by atoms with Crippen LogP contribution in [0.25, 0.3) is 22.3 Å². The summed E-state index contributed by atoms with van der Waals surface area (Å²) < 4.78 is 16.6. The van der Waals surface area contributed by atoms with Gasteiger partial charge in [-0.1, -0.05) is 11.6 Å². The quantitative estimate of drug-likeness (QED) is 0.628. The summed E-state index contributed by atoms with van der Waals surface area (Å²) in [7, 11) is 3.06. The first-order valence-corrected chi connectivity index (χ1v) is 8.27. The van der Waals surface area contributed by atoms with E-state index in [9.17, 15) is 10.2 Å². The summed E-state index contributed by atoms with van der Waals surface area (Å²) in [6, 6.07) is 8.47. The number of benzene rings is 2. The molecule has 0 saturated heterocycles. The predicted octanol–water partition coefficient (Wildman–Crippen LogP) is 5.04. The fraction of sp³-hybridized carbons (Fsp3) is 0.238. The van der Waals surface area contributed by atoms with Gasteiger partial charge in [0, 0.05) is 11.6 Å². The van der Waals surface area contributed by atoms with Crippen LogP contribution in [0.4, 0.5) is 0 Å². The summed E-state index contributed by atoms with van der Waals surface area (Å²) in [5.74, 6) is 1.61. The highest BCUT2D eigenvalue weighted by atomic mass is 16.5. The van der Waals surface area contributed by atoms with E-state index in [1.165, 1.54) is 12.7 Å². The SMILES string of the molecule is COc1ccc(-c2oc3cc(O)c(CC=C(C)C)cc3c2OC)cc1O. The van der Waals surface area contributed by atoms with Gasteiger partial charge in [-0.25, -0.2) is 0 Å². The Hall–Kier alpha value is -3.08. The standard InChI is InChI=1S/C21H22O5/c1-12(2)5-6-13-9-15-19(11-16(13)22)26-20(21(15)25-4)14-7-8-18(24-3)17(23)10-14/h5,7-11,22-23H,6H2,1-4H3. The third-order valence-corrected chi connectivity index (χ3v) is 4.22. The van der Waals surface area contributed by atoms with Crippen LogP contribution in [0.15, 0.2) is 46.4 Å². The highest BCUT2D eigenvalue weighted by Crippen LogP contribution is 2.43. The highest BCUT2D eigenvalue weighted by Gasteiger charge is 2.20. The Morgan fingerprint density at radius 2 is 1.81 bits per heavy atom. The lowest BCUT2D eigenvalue weighted by Crippen LogP contribution is -1.87. The normalized spacial score (nSPS) is 10.8. The Morgan fingerprint density at radius 3 is 2.42 bits per heavy atom. The van der Waals surface area contributed by atoms with Crippen molar-refractivity contribution >= 4 is 11.0 Å². The van der Waals surface area contributed by atoms with Gasteiger partial charge in [0.1, 0.15) is 11.3 Å². The largest absolute Gasteiger partial charge is 0.508 e. The topological polar surface area (TPSA) is 72.1 Å². The molecule has 0 atom stereocenters. The lowest BCUT2D eigenvalue weighted by Gasteiger charge is -2.06. The van der Waals surface area contributed by atoms with E-state index < -0.39 is 0 Å². The summed E-state index contributed by atoms with van der Waals surface area (Å²) >= 11 is 0. The number of hydrogen-bond acceptors (Lipinski definition) is 5. The Kier molecular flexibility index (Phi) is 4.80. The van der Waals surface area contributed by atoms with Crippen LogP contribution in [-0.2, 0) is 6.42 Å². The van der Waals surface area contributed by atoms with E-state index in [-0.39, 0.29) is 11.5 Å². The molecule has 3 aromatic rings. The van der Waals surface area contributed by atoms with Crippen molar-refractivity contribution in [1.29, 1.82) is 0 Å². The van der Waals surface area contributed by atoms with Crippen LogP contribution in [0, 0.1) is 0 Å². The van der Waals surface area contributed by atoms with E-state index >= 15 is 0 Å². The minimum absolute atomic E-state index is 0.0135. The summed E-state index contributed by atoms with van der Waals surface area (Å²) in [4.78, 5) is 0. The molecule has 0 aliphatic carbocycles. The fourth-order valence-electron chi connectivity index (χ4n) is 2.86. The molecule has 3 rings (SSSR count). The molecule has 0 aliphatic rings. The lowest BCUT2D eigenvalue weighted by atomic mass is 10.1. The van der Waals surface area contributed by atoms with Crippen LogP contribution < -0.4 is 9.47 Å². The molecule has 5 heteroatoms. The maximum Gasteiger partial charge on any atom is 0.177 e. The molecule has 136 valence electrons. The van der Waals surface area contributed by atoms with E-state index in [0.29, 0.717) is 34.8 Å². The van der Waals surface area contributed by atoms with Crippen molar-refractivity contribution in [3.63, 3.8) is 0 Å². The van der Waals surface area contributed by atoms with Crippen molar-refractivity contribution in [1.82, 2.24) is 0 Å². The van der Waals surface area contributed by atoms with Crippen molar-refractivity contribution in [3.8, 4) is 34.3 Å². The van der Waals surface area contributed by atoms with Gasteiger partial charge in [-0.15, -0.1) is 0 Å². The number of phenolic OH excluding ortho intramolecular Hbond substituents is 2. The Labute approximate surface area is 152 Å². The first-order chi connectivity index (χ1) is 12.4. The molecular weight excluding hydrogens is 332 g/mol. The molecule has 0 aliphatic heterocycles. The van der Waals surface area contributed by atoms with Gasteiger partial charge in [-0.3, -0.25) is 0 Å². The van der Waals surface area contributed by atoms with E-state index in [0.717, 1.165) is 10.9 Å². The van der Waals surface area contributed by atoms with Crippen molar-refractivity contribution < 1.29 is 24.1 Å². The van der Waals surface area contributed by atoms with E-state index in [2.05, 4.69) is 6.08 Å². The predicted molar refractivity (Wildman–Crippen MR) is 101 cm³/mol. The average molecular weight is 354 g/mol. The smallest absolute Gasteiger partial charge is 0.177 e. The number of ether oxygens (including phenoxy) is 2. The first-order valence-electron chi connectivity index (χ1n) is 8.27. The van der Waals surface area contributed by atoms with Gasteiger partial charge in [-0.2, -0.15) is 0 Å². The highest BCUT2D eigenvalue weighted by molar-refractivity contribution is 5.93. The van der Waals surface area contributed by atoms with E-state index in [4.69, 9.17) is 13.9 Å². The number of hydrogen-bond donors (Lipinski definition) is 2. The fourth-order valence-corrected chi connectivity index (χ4v) is 2.86. The summed E-state index contributed by atoms with van der Waals surface area (Å²) in [5.41, 5.74) is 3.15. The molecule has 0 unspecified atom stereocenters. The molecule has 1 aromatic heterocycles. The summed E-state index contributed by atoms with van der Waals surface area (Å²) in [6.07, 6.45) is 2.67. The minimum atomic E-state index is 0.0135. The van der Waals surface area contributed by atoms with Crippen LogP contribution in [0.1, 0.15) is 19.4 Å². The minimum Gasteiger partial charge on any atom is -0.508 e. The molecular formula is C21H22O5. The maximum absolute atomic E-state index is 10.3. The molecule has 0 radical (unpaired) electrons. The third-order valence-electron chi connectivity index (χ3n) is 4.22. The van der Waals surface area contributed by atoms with Crippen LogP contribution >= 0.6 is 0 Å². The van der Waals surface area contributed by atoms with Crippen LogP contribution in [0.2, 0.25) is 0 Å². The third kappa shape index (κ3) is 3.20. The second-order valence-corrected chi connectivity index (χ2v) is 6.31. The van der Waals surface area contributed by atoms with Crippen molar-refractivity contribution in [2.45, 2.75) is 20.3 Å². The number of aromatic hydroxyl groups is 2. The van der Waals surface area contributed by atoms with Gasteiger partial charge in [0.25, 0.3) is 0 Å². The number of furan rings is 1. The molecule has 0 amide bonds. The van der Waals surface area contributed by atoms with Gasteiger partial charge in [0.2, 0.25) is 0 Å². The van der Waals surface area contributed by atoms with Crippen molar-refractivity contribution in [3.05, 3.63) is 47.5 Å². The van der Waals surface area contributed by atoms with Crippen molar-refractivity contribution in [2.75, 3.05) is 14.2 Å². The number of fused-ring (bicyclic) bond motifs is 1. The number of phenols is 2. The number of allylic oxidation sites excluding steroid dienone is 2. The number of rotatable bonds is 5. The molecule has 2 aromatic carbocycles. The Morgan fingerprint density at radius 1 is 1.04 bits per heavy atom. The van der Waals surface area contributed by atoms with Crippen LogP contribution in [-0.4, -0.2) is 24.4 Å². The monoisotopic (exact) mass is 354 g/mol. The lowest BCUT2D eigenvalue weighted by molar-refractivity contribution is 0.373. The van der Waals surface area contributed by atoms with Crippen LogP contribution in [0.3, 0.4) is 0 Å². The zero-order valence-corrected chi connectivity index (χ0v) is 15.3. The summed E-state index contributed by atoms with van der Waals surface area (Å²) in [6.45, 7) is 4.03. The van der Waals surface area contributed by atoms with Gasteiger partial charge >= 0.3 is 0 Å². The Bertz CT molecular complexity index is 978. The Balaban J connectivity index is 2.15. The molecule has 0 bridgehead atoms. The number of methoxy groups -OCH3 is 2. The molecule has 26 heavy (non-hydrogen) atoms. The van der Waals surface area contributed by atoms with Crippen molar-refractivity contribution in [2.24, 2.45) is 0 Å². The molecule has 1 heterocycles. The molecule has 0 saturated carbocycles. The van der Waals surface area contributed by atoms with Gasteiger partial charge < -0.3 is 24.1 Å². The van der Waals surface area contributed by atoms with Gasteiger partial charge in [0.05, 0.1) is 19.6 Å². The molecule has 0 fully saturated rings. The zero-order valence-electron chi connectivity index (χ0n) is 15.3. The summed E-state index contributed by atoms with van der Waals surface area (Å²) in [5, 5.41) is 21.1. The average Bonchev–Trinajstić information content (AvgIpc) is 2.96. The molecule has 0 spiro atoms. The van der Waals surface area contributed by atoms with Crippen LogP contribution in [0.5, 0.6) is 23.0 Å². The first kappa shape index (κ1) is 17.7. The second kappa shape index (κ2) is 7.04. The zero-order chi connectivity index (χ0) is 18.8. The maximum atomic E-state index is 10.3. The van der Waals surface area contributed by atoms with E-state index in [1.807, 2.05) is 19.9 Å². The molecule has 2 N–H and O–H groups in total.